The molecule has 0 bridgehead atoms. The summed E-state index contributed by atoms with van der Waals surface area (Å²) in [5, 5.41) is 5.35. The van der Waals surface area contributed by atoms with Gasteiger partial charge in [0.25, 0.3) is 15.9 Å². The summed E-state index contributed by atoms with van der Waals surface area (Å²) in [5.74, 6) is -2.10. The highest BCUT2D eigenvalue weighted by Gasteiger charge is 2.28. The van der Waals surface area contributed by atoms with Crippen molar-refractivity contribution in [1.29, 1.82) is 0 Å². The number of nitrogens with zero attached hydrogens (tertiary/aromatic N) is 1. The second-order valence-corrected chi connectivity index (χ2v) is 10.0. The Bertz CT molecular complexity index is 1300. The fourth-order valence-corrected chi connectivity index (χ4v) is 4.58. The molecule has 0 radical (unpaired) electrons. The summed E-state index contributed by atoms with van der Waals surface area (Å²) in [4.78, 5) is 25.3. The molecular formula is C25H25F2N3O4S. The fourth-order valence-electron chi connectivity index (χ4n) is 3.16. The molecule has 0 heterocycles. The molecule has 0 atom stereocenters. The van der Waals surface area contributed by atoms with Crippen LogP contribution in [0.25, 0.3) is 0 Å². The van der Waals surface area contributed by atoms with Gasteiger partial charge in [-0.05, 0) is 66.6 Å². The van der Waals surface area contributed by atoms with Crippen LogP contribution < -0.4 is 14.9 Å². The van der Waals surface area contributed by atoms with E-state index in [2.05, 4.69) is 10.6 Å². The van der Waals surface area contributed by atoms with Gasteiger partial charge in [-0.1, -0.05) is 26.0 Å². The highest BCUT2D eigenvalue weighted by molar-refractivity contribution is 7.92. The molecule has 3 aromatic carbocycles. The molecule has 3 aromatic rings. The van der Waals surface area contributed by atoms with Crippen molar-refractivity contribution in [3.63, 3.8) is 0 Å². The molecule has 2 N–H and O–H groups in total. The normalized spacial score (nSPS) is 11.2. The molecular weight excluding hydrogens is 476 g/mol. The number of halogens is 2. The fraction of sp³-hybridized carbons (Fsp3) is 0.200. The Balaban J connectivity index is 1.89. The van der Waals surface area contributed by atoms with Gasteiger partial charge in [0.2, 0.25) is 5.91 Å². The first-order valence-corrected chi connectivity index (χ1v) is 12.2. The van der Waals surface area contributed by atoms with E-state index in [1.165, 1.54) is 24.3 Å². The van der Waals surface area contributed by atoms with Gasteiger partial charge < -0.3 is 10.6 Å². The number of hydrogen-bond acceptors (Lipinski definition) is 4. The number of carbonyl (C=O) groups excluding carboxylic acids is 2. The molecule has 0 aromatic heterocycles. The number of hydrogen-bond donors (Lipinski definition) is 2. The van der Waals surface area contributed by atoms with Crippen LogP contribution in [0, 0.1) is 17.6 Å². The van der Waals surface area contributed by atoms with Crippen molar-refractivity contribution in [2.75, 3.05) is 22.7 Å². The van der Waals surface area contributed by atoms with Gasteiger partial charge in [0.1, 0.15) is 18.2 Å². The molecule has 0 aliphatic carbocycles. The van der Waals surface area contributed by atoms with E-state index < -0.39 is 34.1 Å². The van der Waals surface area contributed by atoms with Crippen molar-refractivity contribution in [2.24, 2.45) is 5.92 Å². The minimum Gasteiger partial charge on any atom is -0.352 e. The molecule has 184 valence electrons. The van der Waals surface area contributed by atoms with Gasteiger partial charge in [0.15, 0.2) is 0 Å². The lowest BCUT2D eigenvalue weighted by atomic mass is 10.1. The first-order chi connectivity index (χ1) is 16.6. The molecule has 2 amide bonds. The second kappa shape index (κ2) is 11.1. The van der Waals surface area contributed by atoms with Crippen LogP contribution >= 0.6 is 0 Å². The van der Waals surface area contributed by atoms with Gasteiger partial charge in [-0.15, -0.1) is 0 Å². The third kappa shape index (κ3) is 6.63. The van der Waals surface area contributed by atoms with Gasteiger partial charge in [0, 0.05) is 6.54 Å². The molecule has 10 heteroatoms. The zero-order valence-electron chi connectivity index (χ0n) is 19.2. The monoisotopic (exact) mass is 501 g/mol. The Morgan fingerprint density at radius 1 is 0.886 bits per heavy atom. The van der Waals surface area contributed by atoms with Gasteiger partial charge in [-0.3, -0.25) is 13.9 Å². The van der Waals surface area contributed by atoms with E-state index in [0.29, 0.717) is 6.54 Å². The maximum atomic E-state index is 13.5. The van der Waals surface area contributed by atoms with Crippen molar-refractivity contribution in [1.82, 2.24) is 5.32 Å². The standard InChI is InChI=1S/C25H25F2N3O4S/c1-17(2)15-28-25(32)22-5-3-4-6-23(22)29-24(31)16-30(20-11-7-18(26)8-12-20)35(33,34)21-13-9-19(27)10-14-21/h3-14,17H,15-16H2,1-2H3,(H,28,32)(H,29,31). The molecule has 0 saturated heterocycles. The minimum absolute atomic E-state index is 0.0360. The lowest BCUT2D eigenvalue weighted by Crippen LogP contribution is -2.38. The molecule has 3 rings (SSSR count). The predicted octanol–water partition coefficient (Wildman–Crippen LogP) is 4.18. The van der Waals surface area contributed by atoms with E-state index in [-0.39, 0.29) is 33.7 Å². The quantitative estimate of drug-likeness (QED) is 0.460. The van der Waals surface area contributed by atoms with E-state index in [9.17, 15) is 26.8 Å². The average Bonchev–Trinajstić information content (AvgIpc) is 2.82. The largest absolute Gasteiger partial charge is 0.352 e. The van der Waals surface area contributed by atoms with E-state index in [1.54, 1.807) is 12.1 Å². The average molecular weight is 502 g/mol. The molecule has 7 nitrogen and oxygen atoms in total. The maximum Gasteiger partial charge on any atom is 0.264 e. The first-order valence-electron chi connectivity index (χ1n) is 10.8. The summed E-state index contributed by atoms with van der Waals surface area (Å²) in [6.07, 6.45) is 0. The van der Waals surface area contributed by atoms with Crippen LogP contribution in [0.1, 0.15) is 24.2 Å². The van der Waals surface area contributed by atoms with Crippen LogP contribution in [-0.4, -0.2) is 33.3 Å². The highest BCUT2D eigenvalue weighted by atomic mass is 32.2. The summed E-state index contributed by atoms with van der Waals surface area (Å²) >= 11 is 0. The second-order valence-electron chi connectivity index (χ2n) is 8.14. The third-order valence-electron chi connectivity index (χ3n) is 4.92. The van der Waals surface area contributed by atoms with E-state index in [0.717, 1.165) is 40.7 Å². The number of benzene rings is 3. The SMILES string of the molecule is CC(C)CNC(=O)c1ccccc1NC(=O)CN(c1ccc(F)cc1)S(=O)(=O)c1ccc(F)cc1. The first kappa shape index (κ1) is 25.8. The summed E-state index contributed by atoms with van der Waals surface area (Å²) in [6.45, 7) is 3.65. The van der Waals surface area contributed by atoms with Crippen molar-refractivity contribution in [3.8, 4) is 0 Å². The Morgan fingerprint density at radius 2 is 1.46 bits per heavy atom. The molecule has 0 saturated carbocycles. The lowest BCUT2D eigenvalue weighted by Gasteiger charge is -2.24. The molecule has 0 aliphatic rings. The number of carbonyl (C=O) groups is 2. The highest BCUT2D eigenvalue weighted by Crippen LogP contribution is 2.25. The number of rotatable bonds is 9. The van der Waals surface area contributed by atoms with Crippen molar-refractivity contribution < 1.29 is 26.8 Å². The van der Waals surface area contributed by atoms with Crippen LogP contribution in [0.2, 0.25) is 0 Å². The van der Waals surface area contributed by atoms with Crippen LogP contribution in [0.15, 0.2) is 77.7 Å². The summed E-state index contributed by atoms with van der Waals surface area (Å²) < 4.78 is 54.2. The van der Waals surface area contributed by atoms with Gasteiger partial charge >= 0.3 is 0 Å². The third-order valence-corrected chi connectivity index (χ3v) is 6.71. The summed E-state index contributed by atoms with van der Waals surface area (Å²) in [7, 11) is -4.31. The molecule has 0 unspecified atom stereocenters. The van der Waals surface area contributed by atoms with Crippen LogP contribution in [0.3, 0.4) is 0 Å². The Hall–Kier alpha value is -3.79. The lowest BCUT2D eigenvalue weighted by molar-refractivity contribution is -0.114. The van der Waals surface area contributed by atoms with Crippen molar-refractivity contribution in [2.45, 2.75) is 18.7 Å². The van der Waals surface area contributed by atoms with Crippen LogP contribution in [0.5, 0.6) is 0 Å². The van der Waals surface area contributed by atoms with Crippen molar-refractivity contribution >= 4 is 33.2 Å². The number of sulfonamides is 1. The number of para-hydroxylation sites is 1. The number of amides is 2. The van der Waals surface area contributed by atoms with Crippen LogP contribution in [0.4, 0.5) is 20.2 Å². The number of anilines is 2. The predicted molar refractivity (Wildman–Crippen MR) is 130 cm³/mol. The van der Waals surface area contributed by atoms with Gasteiger partial charge in [-0.25, -0.2) is 17.2 Å². The van der Waals surface area contributed by atoms with Crippen LogP contribution in [-0.2, 0) is 14.8 Å². The number of nitrogens with one attached hydrogen (secondary N) is 2. The van der Waals surface area contributed by atoms with E-state index >= 15 is 0 Å². The molecule has 0 aliphatic heterocycles. The van der Waals surface area contributed by atoms with Crippen molar-refractivity contribution in [3.05, 3.63) is 90.0 Å². The summed E-state index contributed by atoms with van der Waals surface area (Å²) in [5.41, 5.74) is 0.460. The topological polar surface area (TPSA) is 95.6 Å². The minimum atomic E-state index is -4.31. The Kier molecular flexibility index (Phi) is 8.18. The maximum absolute atomic E-state index is 13.5. The molecule has 0 fully saturated rings. The van der Waals surface area contributed by atoms with E-state index in [4.69, 9.17) is 0 Å². The van der Waals surface area contributed by atoms with Gasteiger partial charge in [-0.2, -0.15) is 0 Å². The zero-order valence-corrected chi connectivity index (χ0v) is 20.0. The molecule has 35 heavy (non-hydrogen) atoms. The Morgan fingerprint density at radius 3 is 2.06 bits per heavy atom. The summed E-state index contributed by atoms with van der Waals surface area (Å²) in [6, 6.07) is 15.0. The van der Waals surface area contributed by atoms with Gasteiger partial charge in [0.05, 0.1) is 21.8 Å². The van der Waals surface area contributed by atoms with E-state index in [1.807, 2.05) is 13.8 Å². The zero-order chi connectivity index (χ0) is 25.6. The smallest absolute Gasteiger partial charge is 0.264 e. The Labute approximate surface area is 202 Å². The molecule has 0 spiro atoms.